The first-order valence-electron chi connectivity index (χ1n) is 5.32. The minimum absolute atomic E-state index is 0.172. The summed E-state index contributed by atoms with van der Waals surface area (Å²) in [7, 11) is 0. The van der Waals surface area contributed by atoms with Gasteiger partial charge >= 0.3 is 0 Å². The highest BCUT2D eigenvalue weighted by molar-refractivity contribution is 9.09. The summed E-state index contributed by atoms with van der Waals surface area (Å²) in [6.45, 7) is 0. The number of nitro benzene ring substituents is 1. The molecule has 96 valence electrons. The lowest BCUT2D eigenvalue weighted by atomic mass is 10.2. The van der Waals surface area contributed by atoms with Crippen LogP contribution in [0.2, 0.25) is 0 Å². The average molecular weight is 322 g/mol. The summed E-state index contributed by atoms with van der Waals surface area (Å²) in [5.74, 6) is 0. The maximum absolute atomic E-state index is 11.0. The molecule has 0 spiro atoms. The molecule has 0 fully saturated rings. The van der Waals surface area contributed by atoms with E-state index in [0.29, 0.717) is 6.42 Å². The first-order chi connectivity index (χ1) is 9.15. The fourth-order valence-corrected chi connectivity index (χ4v) is 1.97. The molecule has 0 aliphatic heterocycles. The van der Waals surface area contributed by atoms with Crippen LogP contribution in [0.4, 0.5) is 5.69 Å². The second kappa shape index (κ2) is 5.58. The van der Waals surface area contributed by atoms with E-state index in [9.17, 15) is 10.1 Å². The number of rotatable bonds is 4. The van der Waals surface area contributed by atoms with Crippen LogP contribution in [0.5, 0.6) is 0 Å². The van der Waals surface area contributed by atoms with Crippen LogP contribution in [0.3, 0.4) is 0 Å². The van der Waals surface area contributed by atoms with E-state index in [1.807, 2.05) is 6.07 Å². The lowest BCUT2D eigenvalue weighted by Gasteiger charge is -2.01. The Kier molecular flexibility index (Phi) is 3.87. The molecule has 0 unspecified atom stereocenters. The number of halogens is 1. The Balaban J connectivity index is 2.48. The van der Waals surface area contributed by atoms with Gasteiger partial charge in [0, 0.05) is 17.8 Å². The van der Waals surface area contributed by atoms with E-state index in [-0.39, 0.29) is 16.9 Å². The zero-order chi connectivity index (χ0) is 13.8. The van der Waals surface area contributed by atoms with Gasteiger partial charge in [-0.15, -0.1) is 5.10 Å². The van der Waals surface area contributed by atoms with Gasteiger partial charge in [0.15, 0.2) is 0 Å². The molecule has 1 aromatic heterocycles. The quantitative estimate of drug-likeness (QED) is 0.487. The van der Waals surface area contributed by atoms with Crippen LogP contribution in [-0.4, -0.2) is 25.2 Å². The summed E-state index contributed by atoms with van der Waals surface area (Å²) in [6.07, 6.45) is 2.32. The van der Waals surface area contributed by atoms with Gasteiger partial charge in [-0.3, -0.25) is 10.1 Å². The Labute approximate surface area is 116 Å². The molecule has 0 amide bonds. The van der Waals surface area contributed by atoms with Crippen molar-refractivity contribution in [3.8, 4) is 11.8 Å². The Morgan fingerprint density at radius 2 is 2.32 bits per heavy atom. The number of nitriles is 1. The molecular weight excluding hydrogens is 314 g/mol. The molecule has 0 radical (unpaired) electrons. The van der Waals surface area contributed by atoms with Crippen LogP contribution in [0, 0.1) is 21.4 Å². The van der Waals surface area contributed by atoms with Gasteiger partial charge in [0.05, 0.1) is 28.4 Å². The zero-order valence-corrected chi connectivity index (χ0v) is 11.2. The van der Waals surface area contributed by atoms with Crippen molar-refractivity contribution in [1.82, 2.24) is 15.0 Å². The van der Waals surface area contributed by atoms with E-state index in [0.717, 1.165) is 11.0 Å². The maximum Gasteiger partial charge on any atom is 0.296 e. The molecule has 0 atom stereocenters. The summed E-state index contributed by atoms with van der Waals surface area (Å²) in [5, 5.41) is 28.3. The van der Waals surface area contributed by atoms with E-state index >= 15 is 0 Å². The zero-order valence-electron chi connectivity index (χ0n) is 9.65. The van der Waals surface area contributed by atoms with Crippen molar-refractivity contribution < 1.29 is 4.92 Å². The fraction of sp³-hybridized carbons (Fsp3) is 0.182. The highest BCUT2D eigenvalue weighted by atomic mass is 79.9. The molecule has 0 saturated heterocycles. The standard InChI is InChI=1S/C11H8BrN5O2/c12-4-3-9-7-16(15-14-9)10-2-1-8(6-13)5-11(10)17(18)19/h1-2,5,7H,3-4H2. The van der Waals surface area contributed by atoms with Crippen LogP contribution < -0.4 is 0 Å². The van der Waals surface area contributed by atoms with Crippen LogP contribution in [-0.2, 0) is 6.42 Å². The second-order valence-electron chi connectivity index (χ2n) is 3.67. The molecule has 8 heteroatoms. The van der Waals surface area contributed by atoms with E-state index < -0.39 is 4.92 Å². The molecule has 0 aliphatic rings. The SMILES string of the molecule is N#Cc1ccc(-n2cc(CCBr)nn2)c([N+](=O)[O-])c1. The summed E-state index contributed by atoms with van der Waals surface area (Å²) >= 11 is 3.29. The van der Waals surface area contributed by atoms with Crippen molar-refractivity contribution in [2.75, 3.05) is 5.33 Å². The Hall–Kier alpha value is -2.27. The van der Waals surface area contributed by atoms with Crippen molar-refractivity contribution in [2.24, 2.45) is 0 Å². The third kappa shape index (κ3) is 2.77. The number of nitrogens with zero attached hydrogens (tertiary/aromatic N) is 5. The Bertz CT molecular complexity index is 661. The highest BCUT2D eigenvalue weighted by Gasteiger charge is 2.17. The maximum atomic E-state index is 11.0. The molecule has 0 bridgehead atoms. The number of alkyl halides is 1. The van der Waals surface area contributed by atoms with Gasteiger partial charge in [-0.25, -0.2) is 4.68 Å². The second-order valence-corrected chi connectivity index (χ2v) is 4.46. The summed E-state index contributed by atoms with van der Waals surface area (Å²) in [5.41, 5.74) is 1.08. The van der Waals surface area contributed by atoms with Gasteiger partial charge < -0.3 is 0 Å². The van der Waals surface area contributed by atoms with Crippen LogP contribution in [0.25, 0.3) is 5.69 Å². The summed E-state index contributed by atoms with van der Waals surface area (Å²) in [4.78, 5) is 10.5. The number of hydrogen-bond donors (Lipinski definition) is 0. The molecular formula is C11H8BrN5O2. The normalized spacial score (nSPS) is 10.1. The van der Waals surface area contributed by atoms with Gasteiger partial charge in [0.1, 0.15) is 5.69 Å². The largest absolute Gasteiger partial charge is 0.296 e. The number of aromatic nitrogens is 3. The van der Waals surface area contributed by atoms with Crippen molar-refractivity contribution in [2.45, 2.75) is 6.42 Å². The van der Waals surface area contributed by atoms with Crippen LogP contribution in [0.15, 0.2) is 24.4 Å². The lowest BCUT2D eigenvalue weighted by molar-refractivity contribution is -0.384. The Morgan fingerprint density at radius 3 is 2.95 bits per heavy atom. The first-order valence-corrected chi connectivity index (χ1v) is 6.44. The third-order valence-corrected chi connectivity index (χ3v) is 2.84. The van der Waals surface area contributed by atoms with E-state index in [4.69, 9.17) is 5.26 Å². The molecule has 7 nitrogen and oxygen atoms in total. The van der Waals surface area contributed by atoms with Crippen molar-refractivity contribution in [3.05, 3.63) is 45.8 Å². The van der Waals surface area contributed by atoms with Gasteiger partial charge in [-0.05, 0) is 12.1 Å². The Morgan fingerprint density at radius 1 is 1.53 bits per heavy atom. The predicted octanol–water partition coefficient (Wildman–Crippen LogP) is 1.98. The molecule has 2 rings (SSSR count). The number of aryl methyl sites for hydroxylation is 1. The number of hydrogen-bond acceptors (Lipinski definition) is 5. The number of benzene rings is 1. The topological polar surface area (TPSA) is 97.6 Å². The number of nitro groups is 1. The van der Waals surface area contributed by atoms with Crippen molar-refractivity contribution >= 4 is 21.6 Å². The molecule has 19 heavy (non-hydrogen) atoms. The third-order valence-electron chi connectivity index (χ3n) is 2.44. The van der Waals surface area contributed by atoms with E-state index in [1.165, 1.54) is 22.9 Å². The molecule has 1 heterocycles. The van der Waals surface area contributed by atoms with Gasteiger partial charge in [-0.1, -0.05) is 21.1 Å². The average Bonchev–Trinajstić information content (AvgIpc) is 2.87. The van der Waals surface area contributed by atoms with Crippen LogP contribution >= 0.6 is 15.9 Å². The van der Waals surface area contributed by atoms with Crippen molar-refractivity contribution in [3.63, 3.8) is 0 Å². The van der Waals surface area contributed by atoms with Gasteiger partial charge in [0.2, 0.25) is 0 Å². The molecule has 0 N–H and O–H groups in total. The monoisotopic (exact) mass is 321 g/mol. The smallest absolute Gasteiger partial charge is 0.258 e. The fourth-order valence-electron chi connectivity index (χ4n) is 1.56. The van der Waals surface area contributed by atoms with Crippen LogP contribution in [0.1, 0.15) is 11.3 Å². The first kappa shape index (κ1) is 13.2. The van der Waals surface area contributed by atoms with Gasteiger partial charge in [0.25, 0.3) is 5.69 Å². The molecule has 0 aliphatic carbocycles. The van der Waals surface area contributed by atoms with Crippen molar-refractivity contribution in [1.29, 1.82) is 5.26 Å². The minimum Gasteiger partial charge on any atom is -0.258 e. The highest BCUT2D eigenvalue weighted by Crippen LogP contribution is 2.23. The van der Waals surface area contributed by atoms with E-state index in [2.05, 4.69) is 26.2 Å². The predicted molar refractivity (Wildman–Crippen MR) is 70.2 cm³/mol. The molecule has 2 aromatic rings. The lowest BCUT2D eigenvalue weighted by Crippen LogP contribution is -2.01. The summed E-state index contributed by atoms with van der Waals surface area (Å²) < 4.78 is 1.34. The summed E-state index contributed by atoms with van der Waals surface area (Å²) in [6, 6.07) is 6.09. The molecule has 1 aromatic carbocycles. The van der Waals surface area contributed by atoms with Gasteiger partial charge in [-0.2, -0.15) is 5.26 Å². The minimum atomic E-state index is -0.540. The molecule has 0 saturated carbocycles. The van der Waals surface area contributed by atoms with E-state index in [1.54, 1.807) is 6.20 Å².